The molecule has 1 rings (SSSR count). The Bertz CT molecular complexity index is 385. The maximum atomic E-state index is 12.1. The quantitative estimate of drug-likeness (QED) is 0.827. The predicted molar refractivity (Wildman–Crippen MR) is 82.0 cm³/mol. The molecule has 96 valence electrons. The van der Waals surface area contributed by atoms with E-state index in [0.717, 1.165) is 27.8 Å². The molecule has 1 aromatic rings. The first-order valence-corrected chi connectivity index (χ1v) is 6.31. The zero-order chi connectivity index (χ0) is 12.1. The molecule has 1 amide bonds. The lowest BCUT2D eigenvalue weighted by Gasteiger charge is -2.18. The smallest absolute Gasteiger partial charge is 0.253 e. The molecular weight excluding hydrogens is 351 g/mol. The minimum atomic E-state index is 0. The Balaban J connectivity index is 0.00000256. The summed E-state index contributed by atoms with van der Waals surface area (Å²) >= 11 is 2.25. The van der Waals surface area contributed by atoms with Crippen LogP contribution in [0.2, 0.25) is 0 Å². The third kappa shape index (κ3) is 4.44. The van der Waals surface area contributed by atoms with Crippen molar-refractivity contribution < 1.29 is 4.79 Å². The second kappa shape index (κ2) is 7.89. The van der Waals surface area contributed by atoms with Crippen molar-refractivity contribution in [2.45, 2.75) is 6.92 Å². The van der Waals surface area contributed by atoms with Crippen LogP contribution in [-0.2, 0) is 0 Å². The van der Waals surface area contributed by atoms with Gasteiger partial charge < -0.3 is 10.2 Å². The summed E-state index contributed by atoms with van der Waals surface area (Å²) in [7, 11) is 3.72. The maximum absolute atomic E-state index is 12.1. The first kappa shape index (κ1) is 16.7. The number of carbonyl (C=O) groups is 1. The first-order valence-electron chi connectivity index (χ1n) is 5.23. The molecule has 0 aromatic heterocycles. The van der Waals surface area contributed by atoms with Crippen LogP contribution in [0.5, 0.6) is 0 Å². The fraction of sp³-hybridized carbons (Fsp3) is 0.417. The highest BCUT2D eigenvalue weighted by Crippen LogP contribution is 2.16. The van der Waals surface area contributed by atoms with E-state index in [-0.39, 0.29) is 18.3 Å². The fourth-order valence-corrected chi connectivity index (χ4v) is 1.92. The molecule has 0 saturated heterocycles. The van der Waals surface area contributed by atoms with E-state index >= 15 is 0 Å². The Morgan fingerprint density at radius 3 is 2.71 bits per heavy atom. The maximum Gasteiger partial charge on any atom is 0.253 e. The number of nitrogens with one attached hydrogen (secondary N) is 1. The molecule has 0 aliphatic heterocycles. The number of rotatable bonds is 4. The molecule has 1 N–H and O–H groups in total. The summed E-state index contributed by atoms with van der Waals surface area (Å²) in [4.78, 5) is 13.9. The molecule has 0 unspecified atom stereocenters. The van der Waals surface area contributed by atoms with Crippen molar-refractivity contribution in [1.29, 1.82) is 0 Å². The van der Waals surface area contributed by atoms with Gasteiger partial charge in [0, 0.05) is 29.3 Å². The van der Waals surface area contributed by atoms with E-state index in [1.807, 2.05) is 39.2 Å². The molecule has 0 radical (unpaired) electrons. The SMILES string of the molecule is CNCCN(C)C(=O)c1cccc(I)c1C.Cl. The van der Waals surface area contributed by atoms with Gasteiger partial charge in [-0.05, 0) is 54.3 Å². The molecule has 0 fully saturated rings. The molecule has 3 nitrogen and oxygen atoms in total. The normalized spacial score (nSPS) is 9.65. The number of nitrogens with zero attached hydrogens (tertiary/aromatic N) is 1. The topological polar surface area (TPSA) is 32.3 Å². The third-order valence-electron chi connectivity index (χ3n) is 2.54. The van der Waals surface area contributed by atoms with Crippen molar-refractivity contribution >= 4 is 40.9 Å². The zero-order valence-corrected chi connectivity index (χ0v) is 13.3. The van der Waals surface area contributed by atoms with Crippen LogP contribution in [0.3, 0.4) is 0 Å². The Morgan fingerprint density at radius 1 is 1.47 bits per heavy atom. The van der Waals surface area contributed by atoms with Crippen LogP contribution in [0, 0.1) is 10.5 Å². The number of halogens is 2. The average Bonchev–Trinajstić information content (AvgIpc) is 2.28. The van der Waals surface area contributed by atoms with Crippen molar-refractivity contribution in [2.24, 2.45) is 0 Å². The van der Waals surface area contributed by atoms with Crippen LogP contribution in [0.15, 0.2) is 18.2 Å². The van der Waals surface area contributed by atoms with Crippen molar-refractivity contribution in [3.63, 3.8) is 0 Å². The molecule has 0 bridgehead atoms. The summed E-state index contributed by atoms with van der Waals surface area (Å²) in [6.45, 7) is 3.52. The number of likely N-dealkylation sites (N-methyl/N-ethyl adjacent to an activating group) is 2. The van der Waals surface area contributed by atoms with Gasteiger partial charge >= 0.3 is 0 Å². The highest BCUT2D eigenvalue weighted by molar-refractivity contribution is 14.1. The van der Waals surface area contributed by atoms with Gasteiger partial charge in [-0.1, -0.05) is 6.07 Å². The van der Waals surface area contributed by atoms with E-state index in [1.54, 1.807) is 4.90 Å². The van der Waals surface area contributed by atoms with E-state index in [2.05, 4.69) is 27.9 Å². The standard InChI is InChI=1S/C12H17IN2O.ClH/c1-9-10(5-4-6-11(9)13)12(16)15(3)8-7-14-2;/h4-6,14H,7-8H2,1-3H3;1H. The van der Waals surface area contributed by atoms with Gasteiger partial charge in [-0.2, -0.15) is 0 Å². The van der Waals surface area contributed by atoms with Crippen molar-refractivity contribution in [3.8, 4) is 0 Å². The minimum absolute atomic E-state index is 0. The third-order valence-corrected chi connectivity index (χ3v) is 3.71. The van der Waals surface area contributed by atoms with Crippen LogP contribution in [0.4, 0.5) is 0 Å². The second-order valence-electron chi connectivity index (χ2n) is 3.74. The molecule has 0 aliphatic rings. The van der Waals surface area contributed by atoms with Gasteiger partial charge in [0.15, 0.2) is 0 Å². The van der Waals surface area contributed by atoms with Crippen LogP contribution >= 0.6 is 35.0 Å². The summed E-state index contributed by atoms with van der Waals surface area (Å²) in [5.41, 5.74) is 1.86. The highest BCUT2D eigenvalue weighted by atomic mass is 127. The van der Waals surface area contributed by atoms with Crippen LogP contribution in [0.25, 0.3) is 0 Å². The molecular formula is C12H18ClIN2O. The van der Waals surface area contributed by atoms with Crippen LogP contribution in [0.1, 0.15) is 15.9 Å². The molecule has 5 heteroatoms. The van der Waals surface area contributed by atoms with Gasteiger partial charge in [-0.3, -0.25) is 4.79 Å². The van der Waals surface area contributed by atoms with Gasteiger partial charge in [-0.15, -0.1) is 12.4 Å². The number of hydrogen-bond donors (Lipinski definition) is 1. The van der Waals surface area contributed by atoms with Gasteiger partial charge in [0.2, 0.25) is 0 Å². The Labute approximate surface area is 123 Å². The van der Waals surface area contributed by atoms with E-state index < -0.39 is 0 Å². The average molecular weight is 369 g/mol. The summed E-state index contributed by atoms with van der Waals surface area (Å²) in [5, 5.41) is 3.04. The predicted octanol–water partition coefficient (Wildman–Crippen LogP) is 2.31. The van der Waals surface area contributed by atoms with E-state index in [4.69, 9.17) is 0 Å². The molecule has 0 aliphatic carbocycles. The molecule has 0 atom stereocenters. The Morgan fingerprint density at radius 2 is 2.12 bits per heavy atom. The largest absolute Gasteiger partial charge is 0.340 e. The van der Waals surface area contributed by atoms with Crippen LogP contribution < -0.4 is 5.32 Å². The lowest BCUT2D eigenvalue weighted by molar-refractivity contribution is 0.0796. The minimum Gasteiger partial charge on any atom is -0.340 e. The number of hydrogen-bond acceptors (Lipinski definition) is 2. The summed E-state index contributed by atoms with van der Waals surface area (Å²) in [6.07, 6.45) is 0. The van der Waals surface area contributed by atoms with Gasteiger partial charge in [-0.25, -0.2) is 0 Å². The van der Waals surface area contributed by atoms with Gasteiger partial charge in [0.25, 0.3) is 5.91 Å². The van der Waals surface area contributed by atoms with Crippen molar-refractivity contribution in [1.82, 2.24) is 10.2 Å². The number of benzene rings is 1. The van der Waals surface area contributed by atoms with Crippen molar-refractivity contribution in [2.75, 3.05) is 27.2 Å². The molecule has 0 heterocycles. The zero-order valence-electron chi connectivity index (χ0n) is 10.3. The molecule has 0 saturated carbocycles. The highest BCUT2D eigenvalue weighted by Gasteiger charge is 2.14. The Kier molecular flexibility index (Phi) is 7.74. The lowest BCUT2D eigenvalue weighted by atomic mass is 10.1. The lowest BCUT2D eigenvalue weighted by Crippen LogP contribution is -2.33. The Hall–Kier alpha value is -0.330. The molecule has 0 spiro atoms. The fourth-order valence-electron chi connectivity index (χ4n) is 1.43. The second-order valence-corrected chi connectivity index (χ2v) is 4.90. The van der Waals surface area contributed by atoms with Crippen molar-refractivity contribution in [3.05, 3.63) is 32.9 Å². The van der Waals surface area contributed by atoms with Gasteiger partial charge in [0.1, 0.15) is 0 Å². The first-order chi connectivity index (χ1) is 7.57. The summed E-state index contributed by atoms with van der Waals surface area (Å²) < 4.78 is 1.13. The van der Waals surface area contributed by atoms with E-state index in [0.29, 0.717) is 0 Å². The van der Waals surface area contributed by atoms with E-state index in [9.17, 15) is 4.79 Å². The molecule has 1 aromatic carbocycles. The number of carbonyl (C=O) groups excluding carboxylic acids is 1. The summed E-state index contributed by atoms with van der Waals surface area (Å²) in [6, 6.07) is 5.82. The summed E-state index contributed by atoms with van der Waals surface area (Å²) in [5.74, 6) is 0.0891. The van der Waals surface area contributed by atoms with Gasteiger partial charge in [0.05, 0.1) is 0 Å². The monoisotopic (exact) mass is 368 g/mol. The van der Waals surface area contributed by atoms with Crippen LogP contribution in [-0.4, -0.2) is 38.0 Å². The number of amides is 1. The van der Waals surface area contributed by atoms with E-state index in [1.165, 1.54) is 0 Å². The molecule has 17 heavy (non-hydrogen) atoms.